The van der Waals surface area contributed by atoms with E-state index in [1.807, 2.05) is 0 Å². The van der Waals surface area contributed by atoms with E-state index in [0.717, 1.165) is 0 Å². The summed E-state index contributed by atoms with van der Waals surface area (Å²) in [4.78, 5) is 11.1. The maximum Gasteiger partial charge on any atom is 0.336 e. The fraction of sp³-hybridized carbons (Fsp3) is 0. The van der Waals surface area contributed by atoms with Gasteiger partial charge >= 0.3 is 5.97 Å². The summed E-state index contributed by atoms with van der Waals surface area (Å²) in [6.45, 7) is 0. The van der Waals surface area contributed by atoms with Crippen molar-refractivity contribution in [2.75, 3.05) is 0 Å². The molecule has 0 aliphatic rings. The molecule has 4 heteroatoms. The average Bonchev–Trinajstić information content (AvgIpc) is 2.32. The monoisotopic (exact) mass is 248 g/mol. The largest absolute Gasteiger partial charge is 0.506 e. The molecular weight excluding hydrogens is 240 g/mol. The van der Waals surface area contributed by atoms with Gasteiger partial charge in [-0.25, -0.2) is 4.79 Å². The summed E-state index contributed by atoms with van der Waals surface area (Å²) in [5.41, 5.74) is 1.43. The van der Waals surface area contributed by atoms with Gasteiger partial charge in [0.25, 0.3) is 0 Å². The van der Waals surface area contributed by atoms with E-state index in [4.69, 9.17) is 16.7 Å². The highest BCUT2D eigenvalue weighted by atomic mass is 35.5. The number of carbonyl (C=O) groups is 1. The van der Waals surface area contributed by atoms with Gasteiger partial charge in [0, 0.05) is 0 Å². The Morgan fingerprint density at radius 2 is 1.82 bits per heavy atom. The Balaban J connectivity index is 2.60. The zero-order valence-electron chi connectivity index (χ0n) is 8.72. The molecule has 0 heterocycles. The van der Waals surface area contributed by atoms with Crippen LogP contribution < -0.4 is 0 Å². The molecule has 0 unspecified atom stereocenters. The van der Waals surface area contributed by atoms with Crippen LogP contribution in [0.5, 0.6) is 5.75 Å². The van der Waals surface area contributed by atoms with Crippen LogP contribution in [0.2, 0.25) is 5.02 Å². The van der Waals surface area contributed by atoms with Crippen molar-refractivity contribution in [3.63, 3.8) is 0 Å². The van der Waals surface area contributed by atoms with E-state index in [1.165, 1.54) is 12.1 Å². The summed E-state index contributed by atoms with van der Waals surface area (Å²) in [6, 6.07) is 11.3. The van der Waals surface area contributed by atoms with E-state index in [0.29, 0.717) is 11.1 Å². The van der Waals surface area contributed by atoms with Crippen molar-refractivity contribution >= 4 is 17.6 Å². The molecule has 0 aliphatic heterocycles. The van der Waals surface area contributed by atoms with Gasteiger partial charge in [-0.05, 0) is 29.3 Å². The molecule has 0 saturated heterocycles. The van der Waals surface area contributed by atoms with Crippen molar-refractivity contribution in [3.8, 4) is 16.9 Å². The van der Waals surface area contributed by atoms with Crippen LogP contribution >= 0.6 is 11.6 Å². The average molecular weight is 249 g/mol. The van der Waals surface area contributed by atoms with E-state index < -0.39 is 5.97 Å². The minimum Gasteiger partial charge on any atom is -0.506 e. The maximum atomic E-state index is 11.1. The van der Waals surface area contributed by atoms with Crippen molar-refractivity contribution in [3.05, 3.63) is 53.1 Å². The lowest BCUT2D eigenvalue weighted by Gasteiger charge is -2.07. The fourth-order valence-corrected chi connectivity index (χ4v) is 1.78. The minimum absolute atomic E-state index is 0.0248. The van der Waals surface area contributed by atoms with E-state index >= 15 is 0 Å². The summed E-state index contributed by atoms with van der Waals surface area (Å²) in [6.07, 6.45) is 0. The highest BCUT2D eigenvalue weighted by molar-refractivity contribution is 6.32. The third-order valence-electron chi connectivity index (χ3n) is 2.42. The predicted octanol–water partition coefficient (Wildman–Crippen LogP) is 3.41. The molecule has 0 atom stereocenters. The number of phenols is 1. The maximum absolute atomic E-state index is 11.1. The lowest BCUT2D eigenvalue weighted by Crippen LogP contribution is -1.98. The molecule has 0 radical (unpaired) electrons. The molecule has 2 N–H and O–H groups in total. The lowest BCUT2D eigenvalue weighted by molar-refractivity contribution is 0.0697. The van der Waals surface area contributed by atoms with Crippen LogP contribution in [0, 0.1) is 0 Å². The summed E-state index contributed by atoms with van der Waals surface area (Å²) in [5, 5.41) is 18.6. The molecule has 0 saturated carbocycles. The molecule has 0 bridgehead atoms. The van der Waals surface area contributed by atoms with Crippen LogP contribution in [0.15, 0.2) is 42.5 Å². The number of hydrogen-bond donors (Lipinski definition) is 2. The molecule has 2 aromatic rings. The third-order valence-corrected chi connectivity index (χ3v) is 2.72. The number of aromatic carboxylic acids is 1. The van der Waals surface area contributed by atoms with Crippen LogP contribution in [-0.2, 0) is 0 Å². The highest BCUT2D eigenvalue weighted by Gasteiger charge is 2.11. The van der Waals surface area contributed by atoms with Gasteiger partial charge in [0.2, 0.25) is 0 Å². The number of benzene rings is 2. The summed E-state index contributed by atoms with van der Waals surface area (Å²) < 4.78 is 0. The first-order valence-electron chi connectivity index (χ1n) is 4.91. The zero-order valence-corrected chi connectivity index (χ0v) is 9.48. The summed E-state index contributed by atoms with van der Waals surface area (Å²) >= 11 is 5.80. The second kappa shape index (κ2) is 4.47. The van der Waals surface area contributed by atoms with Crippen LogP contribution in [-0.4, -0.2) is 16.2 Å². The van der Waals surface area contributed by atoms with E-state index in [9.17, 15) is 9.90 Å². The van der Waals surface area contributed by atoms with Crippen molar-refractivity contribution in [1.29, 1.82) is 0 Å². The highest BCUT2D eigenvalue weighted by Crippen LogP contribution is 2.31. The van der Waals surface area contributed by atoms with Crippen LogP contribution in [0.3, 0.4) is 0 Å². The topological polar surface area (TPSA) is 57.5 Å². The first kappa shape index (κ1) is 11.5. The molecule has 17 heavy (non-hydrogen) atoms. The fourth-order valence-electron chi connectivity index (χ4n) is 1.60. The van der Waals surface area contributed by atoms with E-state index in [-0.39, 0.29) is 16.3 Å². The van der Waals surface area contributed by atoms with E-state index in [2.05, 4.69) is 0 Å². The van der Waals surface area contributed by atoms with Gasteiger partial charge in [-0.3, -0.25) is 0 Å². The van der Waals surface area contributed by atoms with Crippen LogP contribution in [0.25, 0.3) is 11.1 Å². The van der Waals surface area contributed by atoms with E-state index in [1.54, 1.807) is 30.3 Å². The van der Waals surface area contributed by atoms with Gasteiger partial charge in [0.1, 0.15) is 5.75 Å². The first-order chi connectivity index (χ1) is 8.09. The summed E-state index contributed by atoms with van der Waals surface area (Å²) in [7, 11) is 0. The van der Waals surface area contributed by atoms with Crippen molar-refractivity contribution in [1.82, 2.24) is 0 Å². The SMILES string of the molecule is O=C(O)c1ccccc1-c1ccc(O)c(Cl)c1. The Hall–Kier alpha value is -2.00. The Morgan fingerprint density at radius 3 is 2.47 bits per heavy atom. The van der Waals surface area contributed by atoms with Crippen LogP contribution in [0.4, 0.5) is 0 Å². The molecule has 2 rings (SSSR count). The molecule has 86 valence electrons. The molecule has 0 fully saturated rings. The molecule has 3 nitrogen and oxygen atoms in total. The van der Waals surface area contributed by atoms with Crippen molar-refractivity contribution in [2.24, 2.45) is 0 Å². The second-order valence-corrected chi connectivity index (χ2v) is 3.92. The Kier molecular flexibility index (Phi) is 3.02. The number of carboxylic acid groups (broad SMARTS) is 1. The second-order valence-electron chi connectivity index (χ2n) is 3.52. The number of carboxylic acids is 1. The summed E-state index contributed by atoms with van der Waals surface area (Å²) in [5.74, 6) is -1.02. The van der Waals surface area contributed by atoms with Gasteiger partial charge in [-0.15, -0.1) is 0 Å². The Morgan fingerprint density at radius 1 is 1.12 bits per heavy atom. The minimum atomic E-state index is -0.996. The number of hydrogen-bond acceptors (Lipinski definition) is 2. The Labute approximate surface area is 103 Å². The van der Waals surface area contributed by atoms with Crippen LogP contribution in [0.1, 0.15) is 10.4 Å². The van der Waals surface area contributed by atoms with Gasteiger partial charge in [-0.1, -0.05) is 35.9 Å². The van der Waals surface area contributed by atoms with Crippen molar-refractivity contribution in [2.45, 2.75) is 0 Å². The lowest BCUT2D eigenvalue weighted by atomic mass is 10.00. The predicted molar refractivity (Wildman–Crippen MR) is 65.5 cm³/mol. The molecule has 2 aromatic carbocycles. The number of phenolic OH excluding ortho intramolecular Hbond substituents is 1. The molecule has 0 amide bonds. The zero-order chi connectivity index (χ0) is 12.4. The standard InChI is InChI=1S/C13H9ClO3/c14-11-7-8(5-6-12(11)15)9-3-1-2-4-10(9)13(16)17/h1-7,15H,(H,16,17). The Bertz CT molecular complexity index is 579. The number of halogens is 1. The molecule has 0 aliphatic carbocycles. The third kappa shape index (κ3) is 2.24. The van der Waals surface area contributed by atoms with Gasteiger partial charge < -0.3 is 10.2 Å². The smallest absolute Gasteiger partial charge is 0.336 e. The van der Waals surface area contributed by atoms with Crippen molar-refractivity contribution < 1.29 is 15.0 Å². The number of rotatable bonds is 2. The molecule has 0 aromatic heterocycles. The quantitative estimate of drug-likeness (QED) is 0.856. The van der Waals surface area contributed by atoms with Gasteiger partial charge in [-0.2, -0.15) is 0 Å². The number of aromatic hydroxyl groups is 1. The molecule has 0 spiro atoms. The van der Waals surface area contributed by atoms with Gasteiger partial charge in [0.05, 0.1) is 10.6 Å². The first-order valence-corrected chi connectivity index (χ1v) is 5.28. The molecular formula is C13H9ClO3. The van der Waals surface area contributed by atoms with Gasteiger partial charge in [0.15, 0.2) is 0 Å². The normalized spacial score (nSPS) is 10.2.